The number of hydrogen-bond acceptors (Lipinski definition) is 0. The molecule has 0 heterocycles. The Bertz CT molecular complexity index is 211. The van der Waals surface area contributed by atoms with Gasteiger partial charge in [-0.2, -0.15) is 0 Å². The molecular formula is C12H17. The van der Waals surface area contributed by atoms with Crippen LogP contribution in [0.5, 0.6) is 0 Å². The molecule has 0 heteroatoms. The summed E-state index contributed by atoms with van der Waals surface area (Å²) in [5.41, 5.74) is 0.0514. The molecule has 0 saturated carbocycles. The molecule has 0 rings (SSSR count). The number of hydrogen-bond donors (Lipinski definition) is 0. The van der Waals surface area contributed by atoms with E-state index in [4.69, 9.17) is 6.42 Å². The quantitative estimate of drug-likeness (QED) is 0.546. The first-order chi connectivity index (χ1) is 5.49. The van der Waals surface area contributed by atoms with Gasteiger partial charge in [-0.15, -0.1) is 6.42 Å². The van der Waals surface area contributed by atoms with Crippen LogP contribution in [0.1, 0.15) is 40.5 Å². The zero-order valence-corrected chi connectivity index (χ0v) is 8.49. The smallest absolute Gasteiger partial charge is 0.118 e. The molecule has 0 amide bonds. The highest BCUT2D eigenvalue weighted by molar-refractivity contribution is 5.36. The van der Waals surface area contributed by atoms with Crippen LogP contribution in [0.25, 0.3) is 0 Å². The lowest BCUT2D eigenvalue weighted by atomic mass is 9.95. The summed E-state index contributed by atoms with van der Waals surface area (Å²) in [5, 5.41) is 0. The predicted molar refractivity (Wildman–Crippen MR) is 54.2 cm³/mol. The maximum absolute atomic E-state index is 5.30. The Balaban J connectivity index is 4.18. The summed E-state index contributed by atoms with van der Waals surface area (Å²) < 4.78 is 0. The minimum absolute atomic E-state index is 0.0514. The maximum Gasteiger partial charge on any atom is 0.119 e. The predicted octanol–water partition coefficient (Wildman–Crippen LogP) is 3.04. The Morgan fingerprint density at radius 2 is 1.92 bits per heavy atom. The Kier molecular flexibility index (Phi) is 4.53. The van der Waals surface area contributed by atoms with Crippen LogP contribution >= 0.6 is 0 Å². The third-order valence-corrected chi connectivity index (χ3v) is 1.26. The largest absolute Gasteiger partial charge is 0.119 e. The Hall–Kier alpha value is -0.880. The summed E-state index contributed by atoms with van der Waals surface area (Å²) in [7, 11) is 0. The molecule has 0 spiro atoms. The molecule has 12 heavy (non-hydrogen) atoms. The van der Waals surface area contributed by atoms with Crippen molar-refractivity contribution in [2.75, 3.05) is 0 Å². The van der Waals surface area contributed by atoms with Gasteiger partial charge in [-0.05, 0) is 27.2 Å². The lowest BCUT2D eigenvalue weighted by Crippen LogP contribution is -2.00. The van der Waals surface area contributed by atoms with Gasteiger partial charge >= 0.3 is 0 Å². The van der Waals surface area contributed by atoms with E-state index in [2.05, 4.69) is 45.5 Å². The second-order valence-corrected chi connectivity index (χ2v) is 3.87. The van der Waals surface area contributed by atoms with Crippen molar-refractivity contribution in [1.82, 2.24) is 0 Å². The molecule has 0 N–H and O–H groups in total. The zero-order valence-electron chi connectivity index (χ0n) is 8.49. The molecule has 1 radical (unpaired) electrons. The SMILES string of the molecule is C#C[C](C#CC(C)(C)C)CCC. The highest BCUT2D eigenvalue weighted by Crippen LogP contribution is 2.12. The summed E-state index contributed by atoms with van der Waals surface area (Å²) >= 11 is 0. The highest BCUT2D eigenvalue weighted by Gasteiger charge is 2.05. The van der Waals surface area contributed by atoms with Crippen molar-refractivity contribution in [3.8, 4) is 24.2 Å². The highest BCUT2D eigenvalue weighted by atomic mass is 14.1. The topological polar surface area (TPSA) is 0 Å². The Morgan fingerprint density at radius 3 is 2.25 bits per heavy atom. The van der Waals surface area contributed by atoms with Gasteiger partial charge in [0.1, 0.15) is 5.92 Å². The summed E-state index contributed by atoms with van der Waals surface area (Å²) in [6.07, 6.45) is 7.30. The second kappa shape index (κ2) is 4.89. The van der Waals surface area contributed by atoms with Gasteiger partial charge in [0.25, 0.3) is 0 Å². The van der Waals surface area contributed by atoms with Crippen molar-refractivity contribution < 1.29 is 0 Å². The molecule has 0 aromatic heterocycles. The standard InChI is InChI=1S/C12H17/c1-6-8-11(7-2)9-10-12(3,4)5/h2H,6,8H2,1,3-5H3. The number of rotatable bonds is 2. The van der Waals surface area contributed by atoms with Crippen LogP contribution in [0.2, 0.25) is 0 Å². The van der Waals surface area contributed by atoms with Crippen molar-refractivity contribution >= 4 is 0 Å². The van der Waals surface area contributed by atoms with E-state index in [1.165, 1.54) is 0 Å². The first-order valence-electron chi connectivity index (χ1n) is 4.35. The van der Waals surface area contributed by atoms with Gasteiger partial charge in [0.05, 0.1) is 0 Å². The van der Waals surface area contributed by atoms with Gasteiger partial charge in [-0.25, -0.2) is 0 Å². The molecule has 0 aliphatic carbocycles. The minimum atomic E-state index is 0.0514. The van der Waals surface area contributed by atoms with E-state index in [0.29, 0.717) is 0 Å². The Morgan fingerprint density at radius 1 is 1.33 bits per heavy atom. The van der Waals surface area contributed by atoms with E-state index in [9.17, 15) is 0 Å². The van der Waals surface area contributed by atoms with Gasteiger partial charge in [0.2, 0.25) is 0 Å². The molecule has 0 aromatic carbocycles. The van der Waals surface area contributed by atoms with E-state index in [1.807, 2.05) is 0 Å². The van der Waals surface area contributed by atoms with Crippen molar-refractivity contribution in [2.24, 2.45) is 5.41 Å². The molecule has 0 unspecified atom stereocenters. The van der Waals surface area contributed by atoms with Gasteiger partial charge < -0.3 is 0 Å². The third kappa shape index (κ3) is 5.87. The monoisotopic (exact) mass is 161 g/mol. The summed E-state index contributed by atoms with van der Waals surface area (Å²) in [4.78, 5) is 0. The van der Waals surface area contributed by atoms with Crippen LogP contribution in [0, 0.1) is 35.5 Å². The minimum Gasteiger partial charge on any atom is -0.118 e. The summed E-state index contributed by atoms with van der Waals surface area (Å²) in [6.45, 7) is 8.36. The molecule has 0 aromatic rings. The van der Waals surface area contributed by atoms with Crippen LogP contribution in [0.15, 0.2) is 0 Å². The van der Waals surface area contributed by atoms with Crippen LogP contribution in [0.4, 0.5) is 0 Å². The first kappa shape index (κ1) is 11.1. The van der Waals surface area contributed by atoms with E-state index in [1.54, 1.807) is 0 Å². The molecular weight excluding hydrogens is 144 g/mol. The molecule has 0 aliphatic heterocycles. The lowest BCUT2D eigenvalue weighted by Gasteiger charge is -2.07. The molecule has 0 bridgehead atoms. The lowest BCUT2D eigenvalue weighted by molar-refractivity contribution is 0.570. The van der Waals surface area contributed by atoms with Gasteiger partial charge in [-0.3, -0.25) is 0 Å². The third-order valence-electron chi connectivity index (χ3n) is 1.26. The van der Waals surface area contributed by atoms with Crippen molar-refractivity contribution in [3.05, 3.63) is 5.92 Å². The van der Waals surface area contributed by atoms with Crippen molar-refractivity contribution in [1.29, 1.82) is 0 Å². The normalized spacial score (nSPS) is 10.3. The average molecular weight is 161 g/mol. The molecule has 0 nitrogen and oxygen atoms in total. The second-order valence-electron chi connectivity index (χ2n) is 3.87. The molecule has 0 atom stereocenters. The fourth-order valence-electron chi connectivity index (χ4n) is 0.684. The van der Waals surface area contributed by atoms with E-state index >= 15 is 0 Å². The first-order valence-corrected chi connectivity index (χ1v) is 4.35. The van der Waals surface area contributed by atoms with Gasteiger partial charge in [0.15, 0.2) is 0 Å². The molecule has 0 saturated heterocycles. The fraction of sp³-hybridized carbons (Fsp3) is 0.583. The van der Waals surface area contributed by atoms with Crippen LogP contribution in [-0.4, -0.2) is 0 Å². The van der Waals surface area contributed by atoms with Crippen molar-refractivity contribution in [3.63, 3.8) is 0 Å². The molecule has 0 fully saturated rings. The average Bonchev–Trinajstić information content (AvgIpc) is 1.96. The Labute approximate surface area is 76.8 Å². The molecule has 0 aliphatic rings. The summed E-state index contributed by atoms with van der Waals surface area (Å²) in [5.74, 6) is 9.71. The maximum atomic E-state index is 5.30. The zero-order chi connectivity index (χ0) is 9.61. The van der Waals surface area contributed by atoms with E-state index < -0.39 is 0 Å². The fourth-order valence-corrected chi connectivity index (χ4v) is 0.684. The van der Waals surface area contributed by atoms with Gasteiger partial charge in [-0.1, -0.05) is 31.1 Å². The van der Waals surface area contributed by atoms with Crippen molar-refractivity contribution in [2.45, 2.75) is 40.5 Å². The van der Waals surface area contributed by atoms with Crippen LogP contribution in [0.3, 0.4) is 0 Å². The van der Waals surface area contributed by atoms with E-state index in [-0.39, 0.29) is 5.41 Å². The van der Waals surface area contributed by atoms with E-state index in [0.717, 1.165) is 18.8 Å². The summed E-state index contributed by atoms with van der Waals surface area (Å²) in [6, 6.07) is 0. The van der Waals surface area contributed by atoms with Crippen LogP contribution < -0.4 is 0 Å². The van der Waals surface area contributed by atoms with Gasteiger partial charge in [0, 0.05) is 5.41 Å². The molecule has 65 valence electrons. The van der Waals surface area contributed by atoms with Crippen LogP contribution in [-0.2, 0) is 0 Å². The number of terminal acetylenes is 1.